The molecule has 2 rings (SSSR count). The van der Waals surface area contributed by atoms with E-state index in [9.17, 15) is 4.79 Å². The lowest BCUT2D eigenvalue weighted by atomic mass is 10.3. The zero-order valence-electron chi connectivity index (χ0n) is 6.46. The van der Waals surface area contributed by atoms with Crippen LogP contribution in [0.4, 0.5) is 0 Å². The van der Waals surface area contributed by atoms with E-state index in [2.05, 4.69) is 4.37 Å². The summed E-state index contributed by atoms with van der Waals surface area (Å²) in [7, 11) is 1.59. The van der Waals surface area contributed by atoms with E-state index in [-0.39, 0.29) is 5.56 Å². The van der Waals surface area contributed by atoms with Crippen LogP contribution < -0.4 is 10.3 Å². The Morgan fingerprint density at radius 3 is 3.08 bits per heavy atom. The first-order valence-electron chi connectivity index (χ1n) is 3.46. The third-order valence-electron chi connectivity index (χ3n) is 1.69. The Hall–Kier alpha value is -1.29. The van der Waals surface area contributed by atoms with Gasteiger partial charge in [-0.2, -0.15) is 0 Å². The summed E-state index contributed by atoms with van der Waals surface area (Å²) in [6, 6.07) is 5.45. The summed E-state index contributed by atoms with van der Waals surface area (Å²) in [4.78, 5) is 11.1. The van der Waals surface area contributed by atoms with Crippen molar-refractivity contribution in [2.75, 3.05) is 7.11 Å². The summed E-state index contributed by atoms with van der Waals surface area (Å²) < 4.78 is 8.62. The third-order valence-corrected chi connectivity index (χ3v) is 2.55. The van der Waals surface area contributed by atoms with E-state index >= 15 is 0 Å². The van der Waals surface area contributed by atoms with Gasteiger partial charge in [-0.1, -0.05) is 11.5 Å². The zero-order valence-corrected chi connectivity index (χ0v) is 7.27. The predicted octanol–water partition coefficient (Wildman–Crippen LogP) is 1.60. The van der Waals surface area contributed by atoms with E-state index in [0.717, 1.165) is 4.70 Å². The minimum absolute atomic E-state index is 0.0473. The molecule has 1 aromatic heterocycles. The second-order valence-corrected chi connectivity index (χ2v) is 3.24. The number of fused-ring (bicyclic) bond motifs is 1. The van der Waals surface area contributed by atoms with Crippen molar-refractivity contribution >= 4 is 21.6 Å². The normalized spacial score (nSPS) is 10.4. The van der Waals surface area contributed by atoms with Crippen LogP contribution in [0, 0.1) is 0 Å². The Morgan fingerprint density at radius 2 is 2.33 bits per heavy atom. The Labute approximate surface area is 72.8 Å². The molecule has 12 heavy (non-hydrogen) atoms. The first-order valence-corrected chi connectivity index (χ1v) is 4.28. The predicted molar refractivity (Wildman–Crippen MR) is 49.0 cm³/mol. The summed E-state index contributed by atoms with van der Waals surface area (Å²) in [5.41, 5.74) is -0.0473. The van der Waals surface area contributed by atoms with Crippen molar-refractivity contribution in [3.8, 4) is 5.75 Å². The van der Waals surface area contributed by atoms with E-state index in [4.69, 9.17) is 4.74 Å². The Bertz CT molecular complexity index is 457. The highest BCUT2D eigenvalue weighted by Crippen LogP contribution is 2.19. The first kappa shape index (κ1) is 7.36. The van der Waals surface area contributed by atoms with Crippen molar-refractivity contribution in [2.45, 2.75) is 0 Å². The molecule has 0 saturated heterocycles. The highest BCUT2D eigenvalue weighted by atomic mass is 32.1. The van der Waals surface area contributed by atoms with E-state index in [1.165, 1.54) is 11.5 Å². The standard InChI is InChI=1S/C8H7NO2S/c1-11-5-2-3-7-6(4-5)8(10)9-12-7/h2-4H,1H3,(H,9,10). The van der Waals surface area contributed by atoms with E-state index in [1.54, 1.807) is 13.2 Å². The average molecular weight is 181 g/mol. The monoisotopic (exact) mass is 181 g/mol. The molecule has 4 heteroatoms. The lowest BCUT2D eigenvalue weighted by Gasteiger charge is -1.96. The van der Waals surface area contributed by atoms with Crippen LogP contribution in [-0.4, -0.2) is 11.5 Å². The maximum Gasteiger partial charge on any atom is 0.266 e. The summed E-state index contributed by atoms with van der Waals surface area (Å²) in [5, 5.41) is 0.694. The van der Waals surface area contributed by atoms with Crippen molar-refractivity contribution in [1.82, 2.24) is 4.37 Å². The molecule has 3 nitrogen and oxygen atoms in total. The van der Waals surface area contributed by atoms with Crippen LogP contribution in [0.1, 0.15) is 0 Å². The van der Waals surface area contributed by atoms with Gasteiger partial charge in [-0.3, -0.25) is 9.17 Å². The quantitative estimate of drug-likeness (QED) is 0.726. The van der Waals surface area contributed by atoms with Gasteiger partial charge in [-0.15, -0.1) is 0 Å². The van der Waals surface area contributed by atoms with Gasteiger partial charge in [0.25, 0.3) is 5.56 Å². The number of benzene rings is 1. The minimum Gasteiger partial charge on any atom is -0.497 e. The van der Waals surface area contributed by atoms with Gasteiger partial charge in [0.2, 0.25) is 0 Å². The van der Waals surface area contributed by atoms with Gasteiger partial charge in [0.15, 0.2) is 0 Å². The maximum atomic E-state index is 11.1. The number of hydrogen-bond donors (Lipinski definition) is 1. The second-order valence-electron chi connectivity index (χ2n) is 2.40. The molecule has 0 aliphatic rings. The van der Waals surface area contributed by atoms with Crippen molar-refractivity contribution in [3.05, 3.63) is 28.6 Å². The van der Waals surface area contributed by atoms with Crippen molar-refractivity contribution in [2.24, 2.45) is 0 Å². The first-order chi connectivity index (χ1) is 5.81. The maximum absolute atomic E-state index is 11.1. The van der Waals surface area contributed by atoms with Crippen LogP contribution in [0.2, 0.25) is 0 Å². The number of ether oxygens (including phenoxy) is 1. The van der Waals surface area contributed by atoms with E-state index < -0.39 is 0 Å². The van der Waals surface area contributed by atoms with Crippen molar-refractivity contribution in [1.29, 1.82) is 0 Å². The molecule has 0 unspecified atom stereocenters. The fraction of sp³-hybridized carbons (Fsp3) is 0.125. The molecule has 1 aromatic carbocycles. The Morgan fingerprint density at radius 1 is 1.50 bits per heavy atom. The van der Waals surface area contributed by atoms with E-state index in [1.807, 2.05) is 12.1 Å². The largest absolute Gasteiger partial charge is 0.497 e. The lowest BCUT2D eigenvalue weighted by molar-refractivity contribution is 0.415. The van der Waals surface area contributed by atoms with Gasteiger partial charge in [-0.25, -0.2) is 0 Å². The molecule has 0 radical (unpaired) electrons. The van der Waals surface area contributed by atoms with Crippen molar-refractivity contribution in [3.63, 3.8) is 0 Å². The number of nitrogens with one attached hydrogen (secondary N) is 1. The molecule has 62 valence electrons. The van der Waals surface area contributed by atoms with Gasteiger partial charge in [0, 0.05) is 0 Å². The molecular weight excluding hydrogens is 174 g/mol. The fourth-order valence-corrected chi connectivity index (χ4v) is 1.77. The average Bonchev–Trinajstić information content (AvgIpc) is 2.47. The number of rotatable bonds is 1. The molecule has 0 fully saturated rings. The molecule has 0 saturated carbocycles. The third kappa shape index (κ3) is 1.00. The molecule has 0 aliphatic carbocycles. The number of methoxy groups -OCH3 is 1. The minimum atomic E-state index is -0.0473. The van der Waals surface area contributed by atoms with Gasteiger partial charge >= 0.3 is 0 Å². The second kappa shape index (κ2) is 2.64. The van der Waals surface area contributed by atoms with Gasteiger partial charge in [0.1, 0.15) is 5.75 Å². The molecule has 2 aromatic rings. The number of aromatic amines is 1. The van der Waals surface area contributed by atoms with Crippen molar-refractivity contribution < 1.29 is 4.74 Å². The molecule has 1 heterocycles. The fourth-order valence-electron chi connectivity index (χ4n) is 1.06. The number of aromatic nitrogens is 1. The van der Waals surface area contributed by atoms with Crippen LogP contribution in [0.5, 0.6) is 5.75 Å². The van der Waals surface area contributed by atoms with Gasteiger partial charge in [-0.05, 0) is 18.2 Å². The van der Waals surface area contributed by atoms with Crippen LogP contribution in [0.3, 0.4) is 0 Å². The molecular formula is C8H7NO2S. The highest BCUT2D eigenvalue weighted by molar-refractivity contribution is 7.13. The Kier molecular flexibility index (Phi) is 1.62. The molecule has 0 aliphatic heterocycles. The lowest BCUT2D eigenvalue weighted by Crippen LogP contribution is -1.96. The van der Waals surface area contributed by atoms with Crippen LogP contribution >= 0.6 is 11.5 Å². The Balaban J connectivity index is 2.80. The smallest absolute Gasteiger partial charge is 0.266 e. The van der Waals surface area contributed by atoms with E-state index in [0.29, 0.717) is 11.1 Å². The van der Waals surface area contributed by atoms with Crippen LogP contribution in [0.25, 0.3) is 10.1 Å². The van der Waals surface area contributed by atoms with Crippen LogP contribution in [-0.2, 0) is 0 Å². The SMILES string of the molecule is COc1ccc2s[nH]c(=O)c2c1. The van der Waals surface area contributed by atoms with Crippen LogP contribution in [0.15, 0.2) is 23.0 Å². The molecule has 1 N–H and O–H groups in total. The zero-order chi connectivity index (χ0) is 8.55. The molecule has 0 atom stereocenters. The highest BCUT2D eigenvalue weighted by Gasteiger charge is 2.01. The summed E-state index contributed by atoms with van der Waals surface area (Å²) in [6.07, 6.45) is 0. The topological polar surface area (TPSA) is 42.1 Å². The van der Waals surface area contributed by atoms with Gasteiger partial charge < -0.3 is 4.74 Å². The number of hydrogen-bond acceptors (Lipinski definition) is 3. The summed E-state index contributed by atoms with van der Waals surface area (Å²) in [6.45, 7) is 0. The van der Waals surface area contributed by atoms with Gasteiger partial charge in [0.05, 0.1) is 17.2 Å². The molecule has 0 amide bonds. The molecule has 0 spiro atoms. The molecule has 0 bridgehead atoms. The summed E-state index contributed by atoms with van der Waals surface area (Å²) in [5.74, 6) is 0.714. The number of H-pyrrole nitrogens is 1. The summed E-state index contributed by atoms with van der Waals surface area (Å²) >= 11 is 1.34.